The largest absolute Gasteiger partial charge is 0.462 e. The molecule has 0 radical (unpaired) electrons. The molecule has 57 heavy (non-hydrogen) atoms. The van der Waals surface area contributed by atoms with Crippen LogP contribution in [0, 0.1) is 17.8 Å². The van der Waals surface area contributed by atoms with Crippen molar-refractivity contribution in [2.75, 3.05) is 13.2 Å². The summed E-state index contributed by atoms with van der Waals surface area (Å²) in [6.07, 6.45) is 41.0. The summed E-state index contributed by atoms with van der Waals surface area (Å²) in [5, 5.41) is 0. The third-order valence-corrected chi connectivity index (χ3v) is 12.1. The van der Waals surface area contributed by atoms with Gasteiger partial charge < -0.3 is 14.2 Å². The zero-order chi connectivity index (χ0) is 42.0. The summed E-state index contributed by atoms with van der Waals surface area (Å²) in [5.74, 6) is 1.62. The number of ether oxygens (including phenoxy) is 3. The summed E-state index contributed by atoms with van der Waals surface area (Å²) in [6, 6.07) is 0. The molecule has 6 heteroatoms. The zero-order valence-corrected chi connectivity index (χ0v) is 39.1. The molecule has 0 saturated carbocycles. The molecule has 3 atom stereocenters. The van der Waals surface area contributed by atoms with Crippen LogP contribution in [0.3, 0.4) is 0 Å². The van der Waals surface area contributed by atoms with Crippen molar-refractivity contribution in [1.29, 1.82) is 0 Å². The molecule has 0 aromatic carbocycles. The zero-order valence-electron chi connectivity index (χ0n) is 39.1. The Morgan fingerprint density at radius 3 is 0.912 bits per heavy atom. The Labute approximate surface area is 355 Å². The highest BCUT2D eigenvalue weighted by molar-refractivity contribution is 5.71. The van der Waals surface area contributed by atoms with Gasteiger partial charge in [0.1, 0.15) is 13.2 Å². The Bertz CT molecular complexity index is 887. The molecule has 0 aliphatic rings. The lowest BCUT2D eigenvalue weighted by Gasteiger charge is -2.18. The van der Waals surface area contributed by atoms with Gasteiger partial charge in [-0.2, -0.15) is 0 Å². The number of rotatable bonds is 44. The van der Waals surface area contributed by atoms with E-state index in [2.05, 4.69) is 41.5 Å². The van der Waals surface area contributed by atoms with E-state index in [4.69, 9.17) is 14.2 Å². The van der Waals surface area contributed by atoms with Gasteiger partial charge in [-0.1, -0.05) is 234 Å². The lowest BCUT2D eigenvalue weighted by molar-refractivity contribution is -0.167. The number of esters is 3. The quantitative estimate of drug-likeness (QED) is 0.0347. The molecule has 0 bridgehead atoms. The van der Waals surface area contributed by atoms with E-state index >= 15 is 0 Å². The summed E-state index contributed by atoms with van der Waals surface area (Å²) in [6.45, 7) is 13.7. The maximum absolute atomic E-state index is 12.7. The Morgan fingerprint density at radius 1 is 0.351 bits per heavy atom. The van der Waals surface area contributed by atoms with Gasteiger partial charge in [0.2, 0.25) is 0 Å². The number of carbonyl (C=O) groups is 3. The number of unbranched alkanes of at least 4 members (excludes halogenated alkanes) is 25. The van der Waals surface area contributed by atoms with E-state index < -0.39 is 6.10 Å². The summed E-state index contributed by atoms with van der Waals surface area (Å²) in [7, 11) is 0. The third-order valence-electron chi connectivity index (χ3n) is 12.1. The van der Waals surface area contributed by atoms with E-state index in [-0.39, 0.29) is 31.1 Å². The highest BCUT2D eigenvalue weighted by Crippen LogP contribution is 2.18. The predicted molar refractivity (Wildman–Crippen MR) is 243 cm³/mol. The minimum atomic E-state index is -0.763. The first-order valence-corrected chi connectivity index (χ1v) is 25.2. The number of carbonyl (C=O) groups excluding carboxylic acids is 3. The normalized spacial score (nSPS) is 13.1. The molecule has 0 aromatic heterocycles. The fraction of sp³-hybridized carbons (Fsp3) is 0.941. The molecule has 6 nitrogen and oxygen atoms in total. The molecule has 0 aliphatic heterocycles. The summed E-state index contributed by atoms with van der Waals surface area (Å²) < 4.78 is 16.8. The van der Waals surface area contributed by atoms with Gasteiger partial charge in [0.25, 0.3) is 0 Å². The first kappa shape index (κ1) is 55.4. The molecular weight excluding hydrogens is 709 g/mol. The van der Waals surface area contributed by atoms with Crippen molar-refractivity contribution in [2.45, 2.75) is 279 Å². The van der Waals surface area contributed by atoms with Crippen molar-refractivity contribution in [2.24, 2.45) is 17.8 Å². The number of hydrogen-bond donors (Lipinski definition) is 0. The van der Waals surface area contributed by atoms with Crippen LogP contribution in [0.2, 0.25) is 0 Å². The summed E-state index contributed by atoms with van der Waals surface area (Å²) in [5.41, 5.74) is 0. The fourth-order valence-corrected chi connectivity index (χ4v) is 7.52. The van der Waals surface area contributed by atoms with Crippen LogP contribution in [0.5, 0.6) is 0 Å². The molecule has 0 rings (SSSR count). The molecule has 0 aromatic rings. The number of hydrogen-bond acceptors (Lipinski definition) is 6. The van der Waals surface area contributed by atoms with Gasteiger partial charge in [0.15, 0.2) is 6.10 Å². The van der Waals surface area contributed by atoms with Crippen molar-refractivity contribution in [3.63, 3.8) is 0 Å². The second-order valence-corrected chi connectivity index (χ2v) is 18.4. The fourth-order valence-electron chi connectivity index (χ4n) is 7.52. The van der Waals surface area contributed by atoms with Gasteiger partial charge in [-0.15, -0.1) is 0 Å². The minimum absolute atomic E-state index is 0.0663. The monoisotopic (exact) mass is 807 g/mol. The highest BCUT2D eigenvalue weighted by Gasteiger charge is 2.19. The Morgan fingerprint density at radius 2 is 0.614 bits per heavy atom. The topological polar surface area (TPSA) is 78.9 Å². The van der Waals surface area contributed by atoms with E-state index in [1.165, 1.54) is 154 Å². The lowest BCUT2D eigenvalue weighted by atomic mass is 10.00. The van der Waals surface area contributed by atoms with Crippen LogP contribution in [-0.2, 0) is 28.6 Å². The van der Waals surface area contributed by atoms with Gasteiger partial charge in [-0.05, 0) is 37.0 Å². The Kier molecular flexibility index (Phi) is 41.3. The second kappa shape index (κ2) is 42.5. The predicted octanol–water partition coefficient (Wildman–Crippen LogP) is 16.0. The average molecular weight is 807 g/mol. The standard InChI is InChI=1S/C51H98O6/c1-7-46(5)38-32-26-21-23-29-35-41-50(53)56-44-48(57-51(54)42-36-30-24-22-27-33-39-47(6)8-2)43-55-49(52)40-34-28-20-18-16-14-12-10-9-11-13-15-17-19-25-31-37-45(3)4/h45-48H,7-44H2,1-6H3/t46?,47?,48-/m0/s1. The maximum atomic E-state index is 12.7. The van der Waals surface area contributed by atoms with E-state index in [1.54, 1.807) is 0 Å². The lowest BCUT2D eigenvalue weighted by Crippen LogP contribution is -2.30. The van der Waals surface area contributed by atoms with Gasteiger partial charge in [-0.25, -0.2) is 0 Å². The van der Waals surface area contributed by atoms with E-state index in [0.29, 0.717) is 19.3 Å². The minimum Gasteiger partial charge on any atom is -0.462 e. The molecule has 0 N–H and O–H groups in total. The van der Waals surface area contributed by atoms with Crippen molar-refractivity contribution in [3.05, 3.63) is 0 Å². The van der Waals surface area contributed by atoms with Gasteiger partial charge in [0, 0.05) is 19.3 Å². The molecule has 2 unspecified atom stereocenters. The Hall–Kier alpha value is -1.59. The maximum Gasteiger partial charge on any atom is 0.306 e. The van der Waals surface area contributed by atoms with Crippen LogP contribution in [0.15, 0.2) is 0 Å². The van der Waals surface area contributed by atoms with E-state index in [1.807, 2.05) is 0 Å². The van der Waals surface area contributed by atoms with Crippen LogP contribution < -0.4 is 0 Å². The van der Waals surface area contributed by atoms with Crippen LogP contribution in [0.1, 0.15) is 273 Å². The average Bonchev–Trinajstić information content (AvgIpc) is 3.19. The summed E-state index contributed by atoms with van der Waals surface area (Å²) >= 11 is 0. The molecule has 338 valence electrons. The molecular formula is C51H98O6. The molecule has 0 aliphatic carbocycles. The van der Waals surface area contributed by atoms with Crippen molar-refractivity contribution >= 4 is 17.9 Å². The van der Waals surface area contributed by atoms with Crippen molar-refractivity contribution in [3.8, 4) is 0 Å². The Balaban J connectivity index is 4.23. The SMILES string of the molecule is CCC(C)CCCCCCCCC(=O)OC[C@H](COC(=O)CCCCCCCCCCCCCCCCCCC(C)C)OC(=O)CCCCCCCCC(C)CC. The van der Waals surface area contributed by atoms with Crippen LogP contribution in [0.25, 0.3) is 0 Å². The van der Waals surface area contributed by atoms with Gasteiger partial charge >= 0.3 is 17.9 Å². The first-order valence-electron chi connectivity index (χ1n) is 25.2. The molecule has 0 saturated heterocycles. The van der Waals surface area contributed by atoms with Crippen LogP contribution in [-0.4, -0.2) is 37.2 Å². The smallest absolute Gasteiger partial charge is 0.306 e. The van der Waals surface area contributed by atoms with E-state index in [0.717, 1.165) is 75.5 Å². The highest BCUT2D eigenvalue weighted by atomic mass is 16.6. The van der Waals surface area contributed by atoms with E-state index in [9.17, 15) is 14.4 Å². The first-order chi connectivity index (χ1) is 27.7. The molecule has 0 heterocycles. The molecule has 0 fully saturated rings. The van der Waals surface area contributed by atoms with Gasteiger partial charge in [-0.3, -0.25) is 14.4 Å². The molecule has 0 spiro atoms. The second-order valence-electron chi connectivity index (χ2n) is 18.4. The van der Waals surface area contributed by atoms with Crippen LogP contribution >= 0.6 is 0 Å². The summed E-state index contributed by atoms with van der Waals surface area (Å²) in [4.78, 5) is 37.8. The van der Waals surface area contributed by atoms with Gasteiger partial charge in [0.05, 0.1) is 0 Å². The van der Waals surface area contributed by atoms with Crippen molar-refractivity contribution in [1.82, 2.24) is 0 Å². The molecule has 0 amide bonds. The third kappa shape index (κ3) is 42.3. The van der Waals surface area contributed by atoms with Crippen molar-refractivity contribution < 1.29 is 28.6 Å². The van der Waals surface area contributed by atoms with Crippen LogP contribution in [0.4, 0.5) is 0 Å².